The number of amides is 1. The van der Waals surface area contributed by atoms with E-state index < -0.39 is 23.0 Å². The van der Waals surface area contributed by atoms with Gasteiger partial charge in [-0.15, -0.1) is 0 Å². The van der Waals surface area contributed by atoms with Crippen molar-refractivity contribution < 1.29 is 29.2 Å². The maximum Gasteiger partial charge on any atom is 0.410 e. The summed E-state index contributed by atoms with van der Waals surface area (Å²) in [7, 11) is 0. The van der Waals surface area contributed by atoms with Gasteiger partial charge < -0.3 is 9.84 Å². The number of thioether (sulfide) groups is 1. The first-order valence-corrected chi connectivity index (χ1v) is 8.22. The Labute approximate surface area is 147 Å². The van der Waals surface area contributed by atoms with Crippen LogP contribution in [0.4, 0.5) is 10.5 Å². The van der Waals surface area contributed by atoms with Crippen molar-refractivity contribution in [2.75, 3.05) is 6.54 Å². The number of benzene rings is 1. The average molecular weight is 368 g/mol. The minimum atomic E-state index is -1.15. The summed E-state index contributed by atoms with van der Waals surface area (Å²) in [5.74, 6) is -1.15. The number of carboxylic acid groups (broad SMARTS) is 1. The molecular weight excluding hydrogens is 352 g/mol. The fourth-order valence-corrected chi connectivity index (χ4v) is 3.48. The predicted octanol–water partition coefficient (Wildman–Crippen LogP) is 2.04. The highest BCUT2D eigenvalue weighted by Gasteiger charge is 2.41. The van der Waals surface area contributed by atoms with Crippen molar-refractivity contribution in [3.8, 4) is 0 Å². The first-order valence-electron chi connectivity index (χ1n) is 7.34. The van der Waals surface area contributed by atoms with E-state index in [9.17, 15) is 29.6 Å². The molecule has 1 saturated heterocycles. The molecule has 1 heterocycles. The molecule has 0 bridgehead atoms. The number of hydrogen-bond donors (Lipinski definition) is 1. The Morgan fingerprint density at radius 3 is 2.52 bits per heavy atom. The van der Waals surface area contributed by atoms with E-state index in [1.807, 2.05) is 0 Å². The summed E-state index contributed by atoms with van der Waals surface area (Å²) in [4.78, 5) is 45.8. The topological polar surface area (TPSA) is 127 Å². The van der Waals surface area contributed by atoms with Crippen LogP contribution in [0.3, 0.4) is 0 Å². The summed E-state index contributed by atoms with van der Waals surface area (Å²) in [5, 5.41) is 19.4. The number of carbonyl (C=O) groups excluding carboxylic acids is 2. The predicted molar refractivity (Wildman–Crippen MR) is 88.1 cm³/mol. The molecule has 1 aliphatic heterocycles. The molecule has 10 heteroatoms. The molecule has 0 spiro atoms. The van der Waals surface area contributed by atoms with Crippen molar-refractivity contribution in [2.24, 2.45) is 0 Å². The van der Waals surface area contributed by atoms with E-state index in [0.717, 1.165) is 16.7 Å². The number of nitrogens with zero attached hydrogens (tertiary/aromatic N) is 2. The second-order valence-corrected chi connectivity index (χ2v) is 6.93. The van der Waals surface area contributed by atoms with Gasteiger partial charge in [0.15, 0.2) is 5.12 Å². The Morgan fingerprint density at radius 1 is 1.36 bits per heavy atom. The molecule has 9 nitrogen and oxygen atoms in total. The zero-order chi connectivity index (χ0) is 18.6. The maximum absolute atomic E-state index is 12.2. The minimum absolute atomic E-state index is 0.0790. The monoisotopic (exact) mass is 368 g/mol. The summed E-state index contributed by atoms with van der Waals surface area (Å²) in [6, 6.07) is 4.45. The van der Waals surface area contributed by atoms with Gasteiger partial charge in [0.2, 0.25) is 0 Å². The molecule has 1 aromatic carbocycles. The molecule has 1 aliphatic rings. The van der Waals surface area contributed by atoms with Crippen LogP contribution in [0.5, 0.6) is 0 Å². The van der Waals surface area contributed by atoms with Crippen molar-refractivity contribution in [2.45, 2.75) is 31.2 Å². The van der Waals surface area contributed by atoms with Crippen molar-refractivity contribution in [1.29, 1.82) is 0 Å². The highest BCUT2D eigenvalue weighted by atomic mass is 32.2. The van der Waals surface area contributed by atoms with Crippen LogP contribution in [0.1, 0.15) is 18.9 Å². The zero-order valence-corrected chi connectivity index (χ0v) is 14.1. The molecule has 0 aliphatic carbocycles. The van der Waals surface area contributed by atoms with Gasteiger partial charge >= 0.3 is 12.1 Å². The van der Waals surface area contributed by atoms with Gasteiger partial charge in [0.05, 0.1) is 4.92 Å². The number of nitro groups is 1. The number of carbonyl (C=O) groups is 3. The van der Waals surface area contributed by atoms with E-state index in [4.69, 9.17) is 4.74 Å². The number of nitro benzene ring substituents is 1. The van der Waals surface area contributed by atoms with Gasteiger partial charge in [0.25, 0.3) is 5.69 Å². The third-order valence-corrected chi connectivity index (χ3v) is 4.63. The lowest BCUT2D eigenvalue weighted by Crippen LogP contribution is -2.40. The largest absolute Gasteiger partial charge is 0.480 e. The van der Waals surface area contributed by atoms with Gasteiger partial charge in [-0.1, -0.05) is 11.8 Å². The van der Waals surface area contributed by atoms with Gasteiger partial charge in [-0.3, -0.25) is 19.8 Å². The average Bonchev–Trinajstić information content (AvgIpc) is 2.96. The zero-order valence-electron chi connectivity index (χ0n) is 13.3. The highest BCUT2D eigenvalue weighted by Crippen LogP contribution is 2.29. The lowest BCUT2D eigenvalue weighted by molar-refractivity contribution is -0.384. The van der Waals surface area contributed by atoms with Crippen molar-refractivity contribution in [3.05, 3.63) is 39.9 Å². The fourth-order valence-electron chi connectivity index (χ4n) is 2.50. The van der Waals surface area contributed by atoms with E-state index in [1.54, 1.807) is 0 Å². The number of hydrogen-bond acceptors (Lipinski definition) is 7. The number of ether oxygens (including phenoxy) is 1. The highest BCUT2D eigenvalue weighted by molar-refractivity contribution is 8.14. The Balaban J connectivity index is 1.97. The molecular formula is C15H16N2O7S. The van der Waals surface area contributed by atoms with Crippen LogP contribution in [-0.4, -0.2) is 49.9 Å². The van der Waals surface area contributed by atoms with Crippen LogP contribution in [0.25, 0.3) is 0 Å². The van der Waals surface area contributed by atoms with Gasteiger partial charge in [-0.25, -0.2) is 9.59 Å². The van der Waals surface area contributed by atoms with E-state index in [0.29, 0.717) is 5.56 Å². The summed E-state index contributed by atoms with van der Waals surface area (Å²) >= 11 is 1.01. The van der Waals surface area contributed by atoms with Crippen LogP contribution >= 0.6 is 11.8 Å². The molecule has 0 aromatic heterocycles. The van der Waals surface area contributed by atoms with Crippen molar-refractivity contribution in [1.82, 2.24) is 4.90 Å². The Kier molecular flexibility index (Phi) is 5.97. The van der Waals surface area contributed by atoms with Gasteiger partial charge in [-0.05, 0) is 24.1 Å². The van der Waals surface area contributed by atoms with E-state index in [2.05, 4.69) is 0 Å². The molecule has 1 amide bonds. The SMILES string of the molecule is CC(=O)S[C@@H]1C[C@@H](C(=O)O)N(C(=O)OCc2ccc([N+](=O)[O-])cc2)C1. The molecule has 0 unspecified atom stereocenters. The normalized spacial score (nSPS) is 19.5. The molecule has 2 atom stereocenters. The van der Waals surface area contributed by atoms with Crippen LogP contribution in [0, 0.1) is 10.1 Å². The summed E-state index contributed by atoms with van der Waals surface area (Å²) in [5.41, 5.74) is 0.462. The van der Waals surface area contributed by atoms with Crippen LogP contribution in [-0.2, 0) is 20.9 Å². The molecule has 1 aromatic rings. The number of rotatable bonds is 5. The van der Waals surface area contributed by atoms with Crippen LogP contribution in [0.15, 0.2) is 24.3 Å². The van der Waals surface area contributed by atoms with Gasteiger partial charge in [-0.2, -0.15) is 0 Å². The smallest absolute Gasteiger partial charge is 0.410 e. The fraction of sp³-hybridized carbons (Fsp3) is 0.400. The Bertz CT molecular complexity index is 692. The van der Waals surface area contributed by atoms with Crippen molar-refractivity contribution >= 4 is 34.6 Å². The minimum Gasteiger partial charge on any atom is -0.480 e. The van der Waals surface area contributed by atoms with E-state index in [-0.39, 0.29) is 35.6 Å². The standard InChI is InChI=1S/C15H16N2O7S/c1-9(18)25-12-6-13(14(19)20)16(7-12)15(21)24-8-10-2-4-11(5-3-10)17(22)23/h2-5,12-13H,6-8H2,1H3,(H,19,20)/t12-,13+/m1/s1. The number of carboxylic acids is 1. The molecule has 25 heavy (non-hydrogen) atoms. The van der Waals surface area contributed by atoms with Gasteiger partial charge in [0, 0.05) is 30.9 Å². The second-order valence-electron chi connectivity index (χ2n) is 5.45. The molecule has 2 rings (SSSR count). The lowest BCUT2D eigenvalue weighted by Gasteiger charge is -2.20. The third kappa shape index (κ3) is 4.92. The second kappa shape index (κ2) is 7.97. The Hall–Kier alpha value is -2.62. The first kappa shape index (κ1) is 18.7. The molecule has 0 radical (unpaired) electrons. The number of aliphatic carboxylic acids is 1. The molecule has 0 saturated carbocycles. The molecule has 134 valence electrons. The quantitative estimate of drug-likeness (QED) is 0.618. The summed E-state index contributed by atoms with van der Waals surface area (Å²) in [6.07, 6.45) is -0.621. The van der Waals surface area contributed by atoms with Gasteiger partial charge in [0.1, 0.15) is 12.6 Å². The van der Waals surface area contributed by atoms with E-state index in [1.165, 1.54) is 31.2 Å². The third-order valence-electron chi connectivity index (χ3n) is 3.62. The Morgan fingerprint density at radius 2 is 2.00 bits per heavy atom. The van der Waals surface area contributed by atoms with Crippen LogP contribution < -0.4 is 0 Å². The maximum atomic E-state index is 12.2. The summed E-state index contributed by atoms with van der Waals surface area (Å²) < 4.78 is 5.11. The summed E-state index contributed by atoms with van der Waals surface area (Å²) in [6.45, 7) is 1.36. The molecule has 1 N–H and O–H groups in total. The number of non-ortho nitro benzene ring substituents is 1. The molecule has 1 fully saturated rings. The first-order chi connectivity index (χ1) is 11.8. The lowest BCUT2D eigenvalue weighted by atomic mass is 10.2. The van der Waals surface area contributed by atoms with Crippen molar-refractivity contribution in [3.63, 3.8) is 0 Å². The van der Waals surface area contributed by atoms with Crippen LogP contribution in [0.2, 0.25) is 0 Å². The number of likely N-dealkylation sites (tertiary alicyclic amines) is 1. The van der Waals surface area contributed by atoms with E-state index >= 15 is 0 Å².